The van der Waals surface area contributed by atoms with Gasteiger partial charge >= 0.3 is 5.97 Å². The van der Waals surface area contributed by atoms with Crippen molar-refractivity contribution in [2.45, 2.75) is 24.3 Å². The first kappa shape index (κ1) is 17.5. The highest BCUT2D eigenvalue weighted by atomic mass is 32.2. The van der Waals surface area contributed by atoms with Crippen molar-refractivity contribution >= 4 is 15.8 Å². The van der Waals surface area contributed by atoms with E-state index in [1.54, 1.807) is 26.1 Å². The van der Waals surface area contributed by atoms with Crippen molar-refractivity contribution in [2.24, 2.45) is 0 Å². The summed E-state index contributed by atoms with van der Waals surface area (Å²) in [5.41, 5.74) is 0. The highest BCUT2D eigenvalue weighted by Gasteiger charge is 2.17. The van der Waals surface area contributed by atoms with Gasteiger partial charge in [0.2, 0.25) is 0 Å². The summed E-state index contributed by atoms with van der Waals surface area (Å²) in [5, 5.41) is 2.86. The van der Waals surface area contributed by atoms with Crippen molar-refractivity contribution in [3.05, 3.63) is 24.3 Å². The molecule has 0 aliphatic carbocycles. The van der Waals surface area contributed by atoms with E-state index < -0.39 is 15.9 Å². The molecule has 7 heteroatoms. The molecule has 6 nitrogen and oxygen atoms in total. The second kappa shape index (κ2) is 7.99. The molecule has 0 saturated heterocycles. The topological polar surface area (TPSA) is 81.7 Å². The molecule has 0 aromatic heterocycles. The molecule has 1 rings (SSSR count). The number of hydrogen-bond donors (Lipinski definition) is 1. The van der Waals surface area contributed by atoms with Crippen LogP contribution in [0.3, 0.4) is 0 Å². The number of benzene rings is 1. The minimum atomic E-state index is -3.26. The van der Waals surface area contributed by atoms with E-state index >= 15 is 0 Å². The first-order valence-electron chi connectivity index (χ1n) is 6.65. The summed E-state index contributed by atoms with van der Waals surface area (Å²) >= 11 is 0. The van der Waals surface area contributed by atoms with Crippen LogP contribution < -0.4 is 10.1 Å². The largest absolute Gasteiger partial charge is 0.493 e. The van der Waals surface area contributed by atoms with Gasteiger partial charge in [0.1, 0.15) is 11.8 Å². The molecule has 1 unspecified atom stereocenters. The average Bonchev–Trinajstić information content (AvgIpc) is 2.43. The summed E-state index contributed by atoms with van der Waals surface area (Å²) in [4.78, 5) is 11.8. The monoisotopic (exact) mass is 315 g/mol. The van der Waals surface area contributed by atoms with Crippen molar-refractivity contribution in [3.63, 3.8) is 0 Å². The van der Waals surface area contributed by atoms with E-state index in [9.17, 15) is 13.2 Å². The van der Waals surface area contributed by atoms with Gasteiger partial charge in [-0.2, -0.15) is 0 Å². The molecule has 0 aliphatic heterocycles. The lowest BCUT2D eigenvalue weighted by molar-refractivity contribution is -0.145. The number of sulfone groups is 1. The summed E-state index contributed by atoms with van der Waals surface area (Å²) in [5.74, 6) is 0.130. The first-order valence-corrected chi connectivity index (χ1v) is 8.54. The fraction of sp³-hybridized carbons (Fsp3) is 0.500. The standard InChI is InChI=1S/C14H21NO5S/c1-4-19-14(16)13(15-2)8-9-20-11-6-5-7-12(10-11)21(3,17)18/h5-7,10,13,15H,4,8-9H2,1-3H3. The summed E-state index contributed by atoms with van der Waals surface area (Å²) in [6.07, 6.45) is 1.57. The second-order valence-corrected chi connectivity index (χ2v) is 6.49. The molecule has 21 heavy (non-hydrogen) atoms. The normalized spacial score (nSPS) is 12.7. The number of carbonyl (C=O) groups is 1. The maximum absolute atomic E-state index is 11.6. The zero-order valence-corrected chi connectivity index (χ0v) is 13.3. The van der Waals surface area contributed by atoms with E-state index in [-0.39, 0.29) is 17.5 Å². The van der Waals surface area contributed by atoms with Gasteiger partial charge in [0.25, 0.3) is 0 Å². The van der Waals surface area contributed by atoms with Gasteiger partial charge in [-0.25, -0.2) is 8.42 Å². The lowest BCUT2D eigenvalue weighted by Crippen LogP contribution is -2.36. The summed E-state index contributed by atoms with van der Waals surface area (Å²) in [6.45, 7) is 2.35. The van der Waals surface area contributed by atoms with Gasteiger partial charge in [0, 0.05) is 12.7 Å². The second-order valence-electron chi connectivity index (χ2n) is 4.48. The van der Waals surface area contributed by atoms with Gasteiger partial charge in [-0.15, -0.1) is 0 Å². The molecule has 1 N–H and O–H groups in total. The van der Waals surface area contributed by atoms with Crippen molar-refractivity contribution < 1.29 is 22.7 Å². The van der Waals surface area contributed by atoms with E-state index in [2.05, 4.69) is 5.32 Å². The Morgan fingerprint density at radius 2 is 2.10 bits per heavy atom. The molecule has 1 atom stereocenters. The van der Waals surface area contributed by atoms with Crippen LogP contribution in [0.5, 0.6) is 5.75 Å². The Labute approximate surface area is 125 Å². The molecule has 0 heterocycles. The number of carbonyl (C=O) groups excluding carboxylic acids is 1. The van der Waals surface area contributed by atoms with Crippen LogP contribution in [-0.2, 0) is 19.4 Å². The molecule has 0 fully saturated rings. The summed E-state index contributed by atoms with van der Waals surface area (Å²) < 4.78 is 33.3. The highest BCUT2D eigenvalue weighted by Crippen LogP contribution is 2.17. The smallest absolute Gasteiger partial charge is 0.323 e. The Kier molecular flexibility index (Phi) is 6.64. The average molecular weight is 315 g/mol. The van der Waals surface area contributed by atoms with Gasteiger partial charge in [-0.05, 0) is 32.2 Å². The fourth-order valence-electron chi connectivity index (χ4n) is 1.71. The summed E-state index contributed by atoms with van der Waals surface area (Å²) in [7, 11) is -1.59. The maximum atomic E-state index is 11.6. The van der Waals surface area contributed by atoms with E-state index in [4.69, 9.17) is 9.47 Å². The minimum Gasteiger partial charge on any atom is -0.493 e. The van der Waals surface area contributed by atoms with Crippen LogP contribution in [0.15, 0.2) is 29.2 Å². The molecule has 0 aliphatic rings. The van der Waals surface area contributed by atoms with E-state index in [0.29, 0.717) is 18.8 Å². The van der Waals surface area contributed by atoms with Crippen LogP contribution in [0.25, 0.3) is 0 Å². The quantitative estimate of drug-likeness (QED) is 0.721. The molecule has 0 bridgehead atoms. The van der Waals surface area contributed by atoms with Crippen LogP contribution in [-0.4, -0.2) is 46.9 Å². The SMILES string of the molecule is CCOC(=O)C(CCOc1cccc(S(C)(=O)=O)c1)NC. The molecule has 0 radical (unpaired) electrons. The molecule has 118 valence electrons. The predicted octanol–water partition coefficient (Wildman–Crippen LogP) is 1.01. The summed E-state index contributed by atoms with van der Waals surface area (Å²) in [6, 6.07) is 5.83. The minimum absolute atomic E-state index is 0.204. The molecule has 0 spiro atoms. The Hall–Kier alpha value is -1.60. The zero-order chi connectivity index (χ0) is 15.9. The van der Waals surface area contributed by atoms with E-state index in [1.165, 1.54) is 12.1 Å². The van der Waals surface area contributed by atoms with Gasteiger partial charge in [0.05, 0.1) is 18.1 Å². The van der Waals surface area contributed by atoms with Crippen LogP contribution in [0.1, 0.15) is 13.3 Å². The zero-order valence-electron chi connectivity index (χ0n) is 12.5. The lowest BCUT2D eigenvalue weighted by Gasteiger charge is -2.15. The Bertz CT molecular complexity index is 570. The molecular weight excluding hydrogens is 294 g/mol. The van der Waals surface area contributed by atoms with Crippen LogP contribution >= 0.6 is 0 Å². The molecule has 1 aromatic carbocycles. The predicted molar refractivity (Wildman–Crippen MR) is 79.1 cm³/mol. The number of nitrogens with one attached hydrogen (secondary N) is 1. The third-order valence-electron chi connectivity index (χ3n) is 2.83. The highest BCUT2D eigenvalue weighted by molar-refractivity contribution is 7.90. The Morgan fingerprint density at radius 3 is 2.67 bits per heavy atom. The van der Waals surface area contributed by atoms with Gasteiger partial charge in [0.15, 0.2) is 9.84 Å². The van der Waals surface area contributed by atoms with Gasteiger partial charge in [-0.3, -0.25) is 4.79 Å². The number of rotatable bonds is 8. The lowest BCUT2D eigenvalue weighted by atomic mass is 10.2. The van der Waals surface area contributed by atoms with E-state index in [1.807, 2.05) is 0 Å². The van der Waals surface area contributed by atoms with Gasteiger partial charge in [-0.1, -0.05) is 6.07 Å². The molecule has 0 amide bonds. The van der Waals surface area contributed by atoms with Crippen molar-refractivity contribution in [1.82, 2.24) is 5.32 Å². The number of ether oxygens (including phenoxy) is 2. The number of likely N-dealkylation sites (N-methyl/N-ethyl adjacent to an activating group) is 1. The van der Waals surface area contributed by atoms with Gasteiger partial charge < -0.3 is 14.8 Å². The molecule has 1 aromatic rings. The van der Waals surface area contributed by atoms with Crippen LogP contribution in [0, 0.1) is 0 Å². The van der Waals surface area contributed by atoms with Crippen molar-refractivity contribution in [1.29, 1.82) is 0 Å². The van der Waals surface area contributed by atoms with Crippen LogP contribution in [0.4, 0.5) is 0 Å². The number of hydrogen-bond acceptors (Lipinski definition) is 6. The first-order chi connectivity index (χ1) is 9.88. The van der Waals surface area contributed by atoms with Crippen molar-refractivity contribution in [2.75, 3.05) is 26.5 Å². The Balaban J connectivity index is 2.58. The van der Waals surface area contributed by atoms with E-state index in [0.717, 1.165) is 6.26 Å². The maximum Gasteiger partial charge on any atom is 0.323 e. The fourth-order valence-corrected chi connectivity index (χ4v) is 2.37. The van der Waals surface area contributed by atoms with Crippen molar-refractivity contribution in [3.8, 4) is 5.75 Å². The molecular formula is C14H21NO5S. The Morgan fingerprint density at radius 1 is 1.38 bits per heavy atom. The van der Waals surface area contributed by atoms with Crippen LogP contribution in [0.2, 0.25) is 0 Å². The number of esters is 1. The molecule has 0 saturated carbocycles. The third-order valence-corrected chi connectivity index (χ3v) is 3.94. The third kappa shape index (κ3) is 5.73.